The van der Waals surface area contributed by atoms with Gasteiger partial charge in [-0.1, -0.05) is 37.8 Å². The first-order chi connectivity index (χ1) is 9.56. The molecule has 5 heteroatoms. The van der Waals surface area contributed by atoms with E-state index in [2.05, 4.69) is 12.3 Å². The fraction of sp³-hybridized carbons (Fsp3) is 0.600. The Balaban J connectivity index is 2.25. The summed E-state index contributed by atoms with van der Waals surface area (Å²) in [6, 6.07) is 1.82. The highest BCUT2D eigenvalue weighted by atomic mass is 35.5. The van der Waals surface area contributed by atoms with Crippen molar-refractivity contribution in [1.29, 1.82) is 0 Å². The van der Waals surface area contributed by atoms with E-state index in [4.69, 9.17) is 17.4 Å². The lowest BCUT2D eigenvalue weighted by atomic mass is 9.75. The van der Waals surface area contributed by atoms with E-state index in [0.717, 1.165) is 37.8 Å². The molecule has 0 aliphatic heterocycles. The first kappa shape index (κ1) is 15.7. The van der Waals surface area contributed by atoms with Gasteiger partial charge in [-0.05, 0) is 36.8 Å². The molecule has 1 aliphatic rings. The Morgan fingerprint density at radius 3 is 2.75 bits per heavy atom. The van der Waals surface area contributed by atoms with Crippen molar-refractivity contribution in [2.45, 2.75) is 45.1 Å². The zero-order valence-electron chi connectivity index (χ0n) is 11.6. The van der Waals surface area contributed by atoms with Crippen molar-refractivity contribution in [1.82, 2.24) is 5.43 Å². The lowest BCUT2D eigenvalue weighted by molar-refractivity contribution is 0.207. The molecule has 0 amide bonds. The Hall–Kier alpha value is -0.710. The van der Waals surface area contributed by atoms with E-state index < -0.39 is 11.6 Å². The highest BCUT2D eigenvalue weighted by Gasteiger charge is 2.30. The van der Waals surface area contributed by atoms with Crippen molar-refractivity contribution in [2.75, 3.05) is 0 Å². The van der Waals surface area contributed by atoms with Crippen LogP contribution in [0.2, 0.25) is 5.02 Å². The smallest absolute Gasteiger partial charge is 0.142 e. The van der Waals surface area contributed by atoms with E-state index in [1.54, 1.807) is 0 Å². The molecule has 2 rings (SSSR count). The predicted octanol–water partition coefficient (Wildman–Crippen LogP) is 4.34. The Kier molecular flexibility index (Phi) is 5.35. The van der Waals surface area contributed by atoms with Crippen LogP contribution in [-0.4, -0.2) is 0 Å². The topological polar surface area (TPSA) is 38.0 Å². The molecule has 1 aromatic rings. The lowest BCUT2D eigenvalue weighted by Crippen LogP contribution is -2.36. The van der Waals surface area contributed by atoms with Gasteiger partial charge in [0.1, 0.15) is 11.6 Å². The van der Waals surface area contributed by atoms with Gasteiger partial charge in [0, 0.05) is 5.56 Å². The number of hydrogen-bond donors (Lipinski definition) is 2. The average Bonchev–Trinajstić information content (AvgIpc) is 2.45. The van der Waals surface area contributed by atoms with Crippen molar-refractivity contribution in [3.63, 3.8) is 0 Å². The first-order valence-electron chi connectivity index (χ1n) is 7.17. The van der Waals surface area contributed by atoms with Crippen molar-refractivity contribution < 1.29 is 8.78 Å². The molecule has 1 saturated carbocycles. The van der Waals surface area contributed by atoms with Gasteiger partial charge in [-0.15, -0.1) is 0 Å². The molecule has 0 saturated heterocycles. The predicted molar refractivity (Wildman–Crippen MR) is 77.2 cm³/mol. The van der Waals surface area contributed by atoms with Gasteiger partial charge in [0.25, 0.3) is 0 Å². The zero-order chi connectivity index (χ0) is 14.7. The van der Waals surface area contributed by atoms with Crippen LogP contribution in [0.5, 0.6) is 0 Å². The fourth-order valence-corrected chi connectivity index (χ4v) is 3.41. The summed E-state index contributed by atoms with van der Waals surface area (Å²) in [4.78, 5) is 0. The summed E-state index contributed by atoms with van der Waals surface area (Å²) < 4.78 is 27.7. The molecule has 3 atom stereocenters. The molecule has 3 unspecified atom stereocenters. The Morgan fingerprint density at radius 2 is 2.10 bits per heavy atom. The second kappa shape index (κ2) is 6.83. The van der Waals surface area contributed by atoms with Gasteiger partial charge in [0.15, 0.2) is 0 Å². The van der Waals surface area contributed by atoms with Crippen LogP contribution >= 0.6 is 11.6 Å². The van der Waals surface area contributed by atoms with Gasteiger partial charge in [-0.3, -0.25) is 11.3 Å². The molecule has 3 N–H and O–H groups in total. The summed E-state index contributed by atoms with van der Waals surface area (Å²) in [5, 5.41) is -0.197. The molecule has 112 valence electrons. The third kappa shape index (κ3) is 3.30. The van der Waals surface area contributed by atoms with E-state index in [1.807, 2.05) is 0 Å². The van der Waals surface area contributed by atoms with Crippen molar-refractivity contribution in [3.8, 4) is 0 Å². The summed E-state index contributed by atoms with van der Waals surface area (Å²) in [5.74, 6) is 5.37. The van der Waals surface area contributed by atoms with Crippen LogP contribution in [0.25, 0.3) is 0 Å². The molecule has 0 spiro atoms. The van der Waals surface area contributed by atoms with Crippen LogP contribution in [0.4, 0.5) is 8.78 Å². The largest absolute Gasteiger partial charge is 0.271 e. The van der Waals surface area contributed by atoms with Gasteiger partial charge in [-0.25, -0.2) is 8.78 Å². The molecule has 0 aromatic heterocycles. The Bertz CT molecular complexity index is 467. The average molecular weight is 303 g/mol. The second-order valence-corrected chi connectivity index (χ2v) is 6.04. The zero-order valence-corrected chi connectivity index (χ0v) is 12.4. The molecular formula is C15H21ClF2N2. The van der Waals surface area contributed by atoms with Crippen molar-refractivity contribution >= 4 is 11.6 Å². The maximum Gasteiger partial charge on any atom is 0.142 e. The molecule has 1 aliphatic carbocycles. The normalized spacial score (nSPS) is 24.6. The van der Waals surface area contributed by atoms with Crippen LogP contribution < -0.4 is 11.3 Å². The summed E-state index contributed by atoms with van der Waals surface area (Å²) in [6.07, 6.45) is 5.41. The number of nitrogens with two attached hydrogens (primary N) is 1. The van der Waals surface area contributed by atoms with E-state index in [1.165, 1.54) is 6.42 Å². The summed E-state index contributed by atoms with van der Waals surface area (Å²) in [6.45, 7) is 2.17. The minimum absolute atomic E-state index is 0.197. The standard InChI is InChI=1S/C15H21ClF2N2/c1-2-9-4-3-5-10(6-9)15(20-19)11-7-14(18)12(16)8-13(11)17/h7-10,15,20H,2-6,19H2,1H3. The summed E-state index contributed by atoms with van der Waals surface area (Å²) >= 11 is 5.60. The van der Waals surface area contributed by atoms with Gasteiger partial charge in [0.2, 0.25) is 0 Å². The van der Waals surface area contributed by atoms with Crippen LogP contribution in [0.3, 0.4) is 0 Å². The molecular weight excluding hydrogens is 282 g/mol. The van der Waals surface area contributed by atoms with E-state index in [-0.39, 0.29) is 22.5 Å². The number of rotatable bonds is 4. The van der Waals surface area contributed by atoms with Gasteiger partial charge >= 0.3 is 0 Å². The maximum absolute atomic E-state index is 14.1. The minimum Gasteiger partial charge on any atom is -0.271 e. The molecule has 20 heavy (non-hydrogen) atoms. The maximum atomic E-state index is 14.1. The number of benzene rings is 1. The van der Waals surface area contributed by atoms with E-state index >= 15 is 0 Å². The highest BCUT2D eigenvalue weighted by molar-refractivity contribution is 6.30. The van der Waals surface area contributed by atoms with Crippen molar-refractivity contribution in [3.05, 3.63) is 34.4 Å². The lowest BCUT2D eigenvalue weighted by Gasteiger charge is -2.34. The molecule has 1 aromatic carbocycles. The van der Waals surface area contributed by atoms with Gasteiger partial charge in [0.05, 0.1) is 11.1 Å². The van der Waals surface area contributed by atoms with Crippen LogP contribution in [0.1, 0.15) is 50.6 Å². The molecule has 0 radical (unpaired) electrons. The minimum atomic E-state index is -0.605. The monoisotopic (exact) mass is 302 g/mol. The fourth-order valence-electron chi connectivity index (χ4n) is 3.26. The second-order valence-electron chi connectivity index (χ2n) is 5.63. The third-order valence-corrected chi connectivity index (χ3v) is 4.72. The van der Waals surface area contributed by atoms with Gasteiger partial charge < -0.3 is 0 Å². The third-order valence-electron chi connectivity index (χ3n) is 4.43. The van der Waals surface area contributed by atoms with Gasteiger partial charge in [-0.2, -0.15) is 0 Å². The number of hydrazine groups is 1. The van der Waals surface area contributed by atoms with Crippen LogP contribution in [0, 0.1) is 23.5 Å². The Morgan fingerprint density at radius 1 is 1.35 bits per heavy atom. The van der Waals surface area contributed by atoms with E-state index in [9.17, 15) is 8.78 Å². The molecule has 2 nitrogen and oxygen atoms in total. The Labute approximate surface area is 123 Å². The molecule has 0 bridgehead atoms. The summed E-state index contributed by atoms with van der Waals surface area (Å²) in [5.41, 5.74) is 2.94. The van der Waals surface area contributed by atoms with Crippen molar-refractivity contribution in [2.24, 2.45) is 17.7 Å². The number of nitrogens with one attached hydrogen (secondary N) is 1. The first-order valence-corrected chi connectivity index (χ1v) is 7.55. The van der Waals surface area contributed by atoms with Crippen LogP contribution in [0.15, 0.2) is 12.1 Å². The van der Waals surface area contributed by atoms with E-state index in [0.29, 0.717) is 5.92 Å². The SMILES string of the molecule is CCC1CCCC(C(NN)c2cc(F)c(Cl)cc2F)C1. The molecule has 0 heterocycles. The highest BCUT2D eigenvalue weighted by Crippen LogP contribution is 2.39. The quantitative estimate of drug-likeness (QED) is 0.493. The van der Waals surface area contributed by atoms with Crippen LogP contribution in [-0.2, 0) is 0 Å². The number of halogens is 3. The number of hydrogen-bond acceptors (Lipinski definition) is 2. The molecule has 1 fully saturated rings. The summed E-state index contributed by atoms with van der Waals surface area (Å²) in [7, 11) is 0.